The van der Waals surface area contributed by atoms with E-state index in [0.29, 0.717) is 5.69 Å². The molecule has 0 spiro atoms. The van der Waals surface area contributed by atoms with Crippen molar-refractivity contribution in [2.45, 2.75) is 31.7 Å². The number of rotatable bonds is 4. The first kappa shape index (κ1) is 13.7. The van der Waals surface area contributed by atoms with Crippen molar-refractivity contribution in [2.75, 3.05) is 6.54 Å². The molecule has 1 saturated carbocycles. The third-order valence-electron chi connectivity index (χ3n) is 4.11. The Morgan fingerprint density at radius 3 is 2.62 bits per heavy atom. The van der Waals surface area contributed by atoms with Gasteiger partial charge >= 0.3 is 0 Å². The van der Waals surface area contributed by atoms with E-state index in [-0.39, 0.29) is 18.5 Å². The number of H-pyrrole nitrogens is 1. The van der Waals surface area contributed by atoms with Crippen LogP contribution in [0.5, 0.6) is 0 Å². The third-order valence-corrected chi connectivity index (χ3v) is 4.11. The number of aromatic amines is 1. The molecule has 1 aliphatic rings. The highest BCUT2D eigenvalue weighted by Gasteiger charge is 2.29. The van der Waals surface area contributed by atoms with Gasteiger partial charge in [0.2, 0.25) is 5.91 Å². The monoisotopic (exact) mass is 285 g/mol. The predicted molar refractivity (Wildman–Crippen MR) is 80.8 cm³/mol. The van der Waals surface area contributed by atoms with Crippen LogP contribution in [0.15, 0.2) is 30.3 Å². The highest BCUT2D eigenvalue weighted by Crippen LogP contribution is 2.25. The lowest BCUT2D eigenvalue weighted by molar-refractivity contribution is -0.119. The van der Waals surface area contributed by atoms with Crippen molar-refractivity contribution in [1.82, 2.24) is 9.88 Å². The molecule has 0 atom stereocenters. The molecule has 0 radical (unpaired) electrons. The Bertz CT molecular complexity index is 638. The molecule has 5 heteroatoms. The van der Waals surface area contributed by atoms with Crippen LogP contribution in [0.4, 0.5) is 0 Å². The third kappa shape index (κ3) is 2.77. The Morgan fingerprint density at radius 2 is 1.95 bits per heavy atom. The molecule has 0 saturated heterocycles. The zero-order valence-corrected chi connectivity index (χ0v) is 11.8. The normalized spacial score (nSPS) is 15.4. The Balaban J connectivity index is 1.90. The summed E-state index contributed by atoms with van der Waals surface area (Å²) < 4.78 is 0. The second-order valence-corrected chi connectivity index (χ2v) is 5.61. The molecular weight excluding hydrogens is 266 g/mol. The summed E-state index contributed by atoms with van der Waals surface area (Å²) in [6, 6.07) is 9.70. The number of aromatic nitrogens is 1. The molecule has 3 rings (SSSR count). The number of hydrogen-bond donors (Lipinski definition) is 2. The zero-order chi connectivity index (χ0) is 14.8. The van der Waals surface area contributed by atoms with Crippen LogP contribution >= 0.6 is 0 Å². The number of nitrogens with zero attached hydrogens (tertiary/aromatic N) is 1. The number of benzene rings is 1. The van der Waals surface area contributed by atoms with E-state index < -0.39 is 5.91 Å². The number of fused-ring (bicyclic) bond motifs is 1. The molecule has 0 aliphatic heterocycles. The van der Waals surface area contributed by atoms with Gasteiger partial charge in [-0.05, 0) is 25.0 Å². The molecule has 1 heterocycles. The van der Waals surface area contributed by atoms with Crippen LogP contribution in [0.2, 0.25) is 0 Å². The first-order valence-corrected chi connectivity index (χ1v) is 7.32. The van der Waals surface area contributed by atoms with Crippen LogP contribution in [0.1, 0.15) is 36.2 Å². The Kier molecular flexibility index (Phi) is 3.64. The minimum absolute atomic E-state index is 0.0150. The average Bonchev–Trinajstić information content (AvgIpc) is 3.12. The quantitative estimate of drug-likeness (QED) is 0.901. The van der Waals surface area contributed by atoms with Crippen LogP contribution in [0, 0.1) is 0 Å². The fourth-order valence-electron chi connectivity index (χ4n) is 3.09. The molecular formula is C16H19N3O2. The fraction of sp³-hybridized carbons (Fsp3) is 0.375. The molecule has 1 aromatic heterocycles. The molecule has 110 valence electrons. The molecule has 1 fully saturated rings. The number of carbonyl (C=O) groups excluding carboxylic acids is 2. The van der Waals surface area contributed by atoms with Crippen molar-refractivity contribution >= 4 is 22.7 Å². The van der Waals surface area contributed by atoms with Gasteiger partial charge in [0, 0.05) is 16.9 Å². The van der Waals surface area contributed by atoms with Crippen LogP contribution in [-0.2, 0) is 4.79 Å². The summed E-state index contributed by atoms with van der Waals surface area (Å²) in [4.78, 5) is 28.8. The SMILES string of the molecule is NC(=O)CN(C(=O)c1cc2ccccc2[nH]1)C1CCCC1. The lowest BCUT2D eigenvalue weighted by Gasteiger charge is -2.27. The van der Waals surface area contributed by atoms with Gasteiger partial charge in [0.1, 0.15) is 5.69 Å². The van der Waals surface area contributed by atoms with Crippen LogP contribution < -0.4 is 5.73 Å². The van der Waals surface area contributed by atoms with Gasteiger partial charge in [0.25, 0.3) is 5.91 Å². The van der Waals surface area contributed by atoms with Crippen LogP contribution in [0.25, 0.3) is 10.9 Å². The summed E-state index contributed by atoms with van der Waals surface area (Å²) in [7, 11) is 0. The second-order valence-electron chi connectivity index (χ2n) is 5.61. The van der Waals surface area contributed by atoms with E-state index in [1.165, 1.54) is 0 Å². The topological polar surface area (TPSA) is 79.2 Å². The molecule has 1 aromatic carbocycles. The molecule has 2 aromatic rings. The first-order chi connectivity index (χ1) is 10.1. The number of nitrogens with two attached hydrogens (primary N) is 1. The number of para-hydroxylation sites is 1. The van der Waals surface area contributed by atoms with E-state index in [1.54, 1.807) is 4.90 Å². The Labute approximate surface area is 123 Å². The Hall–Kier alpha value is -2.30. The minimum Gasteiger partial charge on any atom is -0.368 e. The van der Waals surface area contributed by atoms with Crippen molar-refractivity contribution in [1.29, 1.82) is 0 Å². The van der Waals surface area contributed by atoms with Crippen molar-refractivity contribution in [3.8, 4) is 0 Å². The van der Waals surface area contributed by atoms with Gasteiger partial charge in [-0.3, -0.25) is 9.59 Å². The zero-order valence-electron chi connectivity index (χ0n) is 11.8. The number of amides is 2. The maximum absolute atomic E-state index is 12.7. The van der Waals surface area contributed by atoms with Crippen molar-refractivity contribution in [3.63, 3.8) is 0 Å². The molecule has 3 N–H and O–H groups in total. The van der Waals surface area contributed by atoms with E-state index >= 15 is 0 Å². The molecule has 2 amide bonds. The lowest BCUT2D eigenvalue weighted by Crippen LogP contribution is -2.44. The predicted octanol–water partition coefficient (Wildman–Crippen LogP) is 2.04. The largest absolute Gasteiger partial charge is 0.368 e. The summed E-state index contributed by atoms with van der Waals surface area (Å²) in [5.41, 5.74) is 6.75. The minimum atomic E-state index is -0.466. The van der Waals surface area contributed by atoms with Gasteiger partial charge in [-0.2, -0.15) is 0 Å². The highest BCUT2D eigenvalue weighted by molar-refractivity contribution is 5.99. The molecule has 5 nitrogen and oxygen atoms in total. The van der Waals surface area contributed by atoms with E-state index in [9.17, 15) is 9.59 Å². The van der Waals surface area contributed by atoms with E-state index in [1.807, 2.05) is 30.3 Å². The maximum atomic E-state index is 12.7. The highest BCUT2D eigenvalue weighted by atomic mass is 16.2. The smallest absolute Gasteiger partial charge is 0.271 e. The van der Waals surface area contributed by atoms with Gasteiger partial charge in [-0.25, -0.2) is 0 Å². The standard InChI is InChI=1S/C16H19N3O2/c17-15(20)10-19(12-6-2-3-7-12)16(21)14-9-11-5-1-4-8-13(11)18-14/h1,4-5,8-9,12,18H,2-3,6-7,10H2,(H2,17,20). The van der Waals surface area contributed by atoms with E-state index in [0.717, 1.165) is 36.6 Å². The van der Waals surface area contributed by atoms with Crippen molar-refractivity contribution in [3.05, 3.63) is 36.0 Å². The lowest BCUT2D eigenvalue weighted by atomic mass is 10.2. The maximum Gasteiger partial charge on any atom is 0.271 e. The van der Waals surface area contributed by atoms with Crippen LogP contribution in [0.3, 0.4) is 0 Å². The van der Waals surface area contributed by atoms with Gasteiger partial charge < -0.3 is 15.6 Å². The van der Waals surface area contributed by atoms with E-state index in [4.69, 9.17) is 5.73 Å². The first-order valence-electron chi connectivity index (χ1n) is 7.32. The van der Waals surface area contributed by atoms with Crippen molar-refractivity contribution in [2.24, 2.45) is 5.73 Å². The average molecular weight is 285 g/mol. The van der Waals surface area contributed by atoms with Crippen molar-refractivity contribution < 1.29 is 9.59 Å². The molecule has 1 aliphatic carbocycles. The molecule has 0 unspecified atom stereocenters. The summed E-state index contributed by atoms with van der Waals surface area (Å²) in [5, 5.41) is 0.992. The van der Waals surface area contributed by atoms with Gasteiger partial charge in [-0.15, -0.1) is 0 Å². The summed E-state index contributed by atoms with van der Waals surface area (Å²) >= 11 is 0. The molecule has 0 bridgehead atoms. The van der Waals surface area contributed by atoms with E-state index in [2.05, 4.69) is 4.98 Å². The van der Waals surface area contributed by atoms with Crippen LogP contribution in [-0.4, -0.2) is 34.3 Å². The van der Waals surface area contributed by atoms with Gasteiger partial charge in [0.15, 0.2) is 0 Å². The summed E-state index contributed by atoms with van der Waals surface area (Å²) in [6.07, 6.45) is 4.08. The number of carbonyl (C=O) groups is 2. The Morgan fingerprint density at radius 1 is 1.24 bits per heavy atom. The number of primary amides is 1. The van der Waals surface area contributed by atoms with Gasteiger partial charge in [0.05, 0.1) is 6.54 Å². The number of nitrogens with one attached hydrogen (secondary N) is 1. The number of hydrogen-bond acceptors (Lipinski definition) is 2. The fourth-order valence-corrected chi connectivity index (χ4v) is 3.09. The second kappa shape index (κ2) is 5.60. The summed E-state index contributed by atoms with van der Waals surface area (Å²) in [5.74, 6) is -0.608. The molecule has 21 heavy (non-hydrogen) atoms. The summed E-state index contributed by atoms with van der Waals surface area (Å²) in [6.45, 7) is -0.0150. The van der Waals surface area contributed by atoms with Gasteiger partial charge in [-0.1, -0.05) is 31.0 Å².